The Bertz CT molecular complexity index is 282. The predicted octanol–water partition coefficient (Wildman–Crippen LogP) is 2.38. The quantitative estimate of drug-likeness (QED) is 0.489. The van der Waals surface area contributed by atoms with Crippen molar-refractivity contribution < 1.29 is 5.11 Å². The average Bonchev–Trinajstić information content (AvgIpc) is 2.25. The molecule has 1 aromatic rings. The van der Waals surface area contributed by atoms with Crippen molar-refractivity contribution in [3.05, 3.63) is 35.4 Å². The molecular weight excluding hydrogens is 242 g/mol. The van der Waals surface area contributed by atoms with Crippen LogP contribution in [0.25, 0.3) is 0 Å². The predicted molar refractivity (Wildman–Crippen MR) is 63.2 cm³/mol. The van der Waals surface area contributed by atoms with Crippen molar-refractivity contribution in [2.24, 2.45) is 4.99 Å². The lowest BCUT2D eigenvalue weighted by Crippen LogP contribution is -1.87. The number of rotatable bonds is 5. The summed E-state index contributed by atoms with van der Waals surface area (Å²) >= 11 is 3.35. The van der Waals surface area contributed by atoms with E-state index in [1.807, 2.05) is 30.5 Å². The van der Waals surface area contributed by atoms with Crippen molar-refractivity contribution in [2.75, 3.05) is 11.9 Å². The molecule has 3 heteroatoms. The monoisotopic (exact) mass is 255 g/mol. The van der Waals surface area contributed by atoms with Gasteiger partial charge >= 0.3 is 0 Å². The van der Waals surface area contributed by atoms with Crippen molar-refractivity contribution >= 4 is 22.1 Å². The Morgan fingerprint density at radius 2 is 2.00 bits per heavy atom. The van der Waals surface area contributed by atoms with E-state index in [4.69, 9.17) is 5.11 Å². The summed E-state index contributed by atoms with van der Waals surface area (Å²) in [6, 6.07) is 7.74. The Morgan fingerprint density at radius 1 is 1.29 bits per heavy atom. The molecule has 0 atom stereocenters. The van der Waals surface area contributed by atoms with Crippen molar-refractivity contribution in [1.29, 1.82) is 0 Å². The molecule has 0 saturated heterocycles. The molecule has 0 amide bonds. The minimum absolute atomic E-state index is 0.0982. The van der Waals surface area contributed by atoms with Crippen LogP contribution in [-0.4, -0.2) is 23.2 Å². The van der Waals surface area contributed by atoms with Gasteiger partial charge in [-0.25, -0.2) is 0 Å². The van der Waals surface area contributed by atoms with Gasteiger partial charge in [0.1, 0.15) is 0 Å². The van der Waals surface area contributed by atoms with Gasteiger partial charge in [0, 0.05) is 18.1 Å². The zero-order chi connectivity index (χ0) is 10.2. The van der Waals surface area contributed by atoms with Gasteiger partial charge in [0.2, 0.25) is 0 Å². The highest BCUT2D eigenvalue weighted by Crippen LogP contribution is 2.02. The molecule has 1 N–H and O–H groups in total. The van der Waals surface area contributed by atoms with Gasteiger partial charge in [0.15, 0.2) is 0 Å². The molecule has 0 bridgehead atoms. The summed E-state index contributed by atoms with van der Waals surface area (Å²) in [5.41, 5.74) is 2.01. The molecule has 1 rings (SSSR count). The molecule has 0 aliphatic heterocycles. The fourth-order valence-electron chi connectivity index (χ4n) is 1.03. The number of alkyl halides is 1. The highest BCUT2D eigenvalue weighted by molar-refractivity contribution is 9.09. The maximum absolute atomic E-state index is 8.84. The Balaban J connectivity index is 2.47. The maximum Gasteiger partial charge on any atom is 0.0681 e. The van der Waals surface area contributed by atoms with E-state index in [0.717, 1.165) is 29.4 Å². The van der Waals surface area contributed by atoms with Gasteiger partial charge in [0.05, 0.1) is 6.61 Å². The number of nitrogens with zero attached hydrogens (tertiary/aromatic N) is 1. The molecule has 0 aliphatic carbocycles. The average molecular weight is 256 g/mol. The molecule has 76 valence electrons. The molecule has 0 aromatic heterocycles. The van der Waals surface area contributed by atoms with Crippen LogP contribution < -0.4 is 0 Å². The minimum atomic E-state index is 0.0982. The van der Waals surface area contributed by atoms with E-state index in [9.17, 15) is 0 Å². The van der Waals surface area contributed by atoms with E-state index in [1.165, 1.54) is 0 Å². The minimum Gasteiger partial charge on any atom is -0.392 e. The molecule has 0 aliphatic rings. The van der Waals surface area contributed by atoms with Crippen LogP contribution in [0.2, 0.25) is 0 Å². The van der Waals surface area contributed by atoms with Crippen LogP contribution in [-0.2, 0) is 6.61 Å². The smallest absolute Gasteiger partial charge is 0.0681 e. The Labute approximate surface area is 92.8 Å². The Morgan fingerprint density at radius 3 is 2.57 bits per heavy atom. The van der Waals surface area contributed by atoms with Gasteiger partial charge in [-0.15, -0.1) is 0 Å². The highest BCUT2D eigenvalue weighted by atomic mass is 79.9. The van der Waals surface area contributed by atoms with Gasteiger partial charge < -0.3 is 5.11 Å². The summed E-state index contributed by atoms with van der Waals surface area (Å²) in [7, 11) is 0. The molecule has 0 fully saturated rings. The number of benzene rings is 1. The number of aliphatic hydroxyl groups excluding tert-OH is 1. The number of halogens is 1. The van der Waals surface area contributed by atoms with Gasteiger partial charge in [-0.1, -0.05) is 40.2 Å². The lowest BCUT2D eigenvalue weighted by molar-refractivity contribution is 0.282. The topological polar surface area (TPSA) is 32.6 Å². The standard InChI is InChI=1S/C11H14BrNO/c12-6-1-7-13-8-10-2-4-11(9-14)5-3-10/h2-5,8,14H,1,6-7,9H2. The van der Waals surface area contributed by atoms with E-state index in [-0.39, 0.29) is 6.61 Å². The van der Waals surface area contributed by atoms with E-state index in [2.05, 4.69) is 20.9 Å². The third-order valence-electron chi connectivity index (χ3n) is 1.82. The lowest BCUT2D eigenvalue weighted by atomic mass is 10.1. The van der Waals surface area contributed by atoms with Crippen LogP contribution in [0.5, 0.6) is 0 Å². The summed E-state index contributed by atoms with van der Waals surface area (Å²) < 4.78 is 0. The first-order chi connectivity index (χ1) is 6.86. The molecule has 0 spiro atoms. The fraction of sp³-hybridized carbons (Fsp3) is 0.364. The molecule has 14 heavy (non-hydrogen) atoms. The number of aliphatic imine (C=N–C) groups is 1. The highest BCUT2D eigenvalue weighted by Gasteiger charge is 1.89. The Kier molecular flexibility index (Phi) is 5.49. The first-order valence-corrected chi connectivity index (χ1v) is 5.74. The van der Waals surface area contributed by atoms with E-state index >= 15 is 0 Å². The summed E-state index contributed by atoms with van der Waals surface area (Å²) in [6.07, 6.45) is 2.93. The van der Waals surface area contributed by atoms with Crippen LogP contribution in [0.4, 0.5) is 0 Å². The van der Waals surface area contributed by atoms with Crippen LogP contribution in [0, 0.1) is 0 Å². The van der Waals surface area contributed by atoms with Crippen molar-refractivity contribution in [1.82, 2.24) is 0 Å². The first kappa shape index (κ1) is 11.4. The summed E-state index contributed by atoms with van der Waals surface area (Å²) in [5, 5.41) is 9.83. The largest absolute Gasteiger partial charge is 0.392 e. The first-order valence-electron chi connectivity index (χ1n) is 4.62. The second-order valence-electron chi connectivity index (χ2n) is 2.98. The number of hydrogen-bond acceptors (Lipinski definition) is 2. The summed E-state index contributed by atoms with van der Waals surface area (Å²) in [5.74, 6) is 0. The second-order valence-corrected chi connectivity index (χ2v) is 3.77. The van der Waals surface area contributed by atoms with Gasteiger partial charge in [-0.2, -0.15) is 0 Å². The molecule has 0 saturated carbocycles. The second kappa shape index (κ2) is 6.74. The molecule has 2 nitrogen and oxygen atoms in total. The molecule has 0 radical (unpaired) electrons. The van der Waals surface area contributed by atoms with E-state index < -0.39 is 0 Å². The lowest BCUT2D eigenvalue weighted by Gasteiger charge is -1.96. The van der Waals surface area contributed by atoms with E-state index in [0.29, 0.717) is 0 Å². The van der Waals surface area contributed by atoms with Gasteiger partial charge in [-0.05, 0) is 17.5 Å². The molecule has 0 heterocycles. The zero-order valence-electron chi connectivity index (χ0n) is 7.99. The fourth-order valence-corrected chi connectivity index (χ4v) is 1.28. The van der Waals surface area contributed by atoms with Crippen LogP contribution in [0.1, 0.15) is 17.5 Å². The van der Waals surface area contributed by atoms with Crippen LogP contribution in [0.15, 0.2) is 29.3 Å². The maximum atomic E-state index is 8.84. The number of hydrogen-bond donors (Lipinski definition) is 1. The molecule has 0 unspecified atom stereocenters. The van der Waals surface area contributed by atoms with Crippen LogP contribution in [0.3, 0.4) is 0 Å². The zero-order valence-corrected chi connectivity index (χ0v) is 9.57. The number of aliphatic hydroxyl groups is 1. The van der Waals surface area contributed by atoms with Crippen molar-refractivity contribution in [3.63, 3.8) is 0 Å². The SMILES string of the molecule is OCc1ccc(C=NCCCBr)cc1. The third-order valence-corrected chi connectivity index (χ3v) is 2.38. The van der Waals surface area contributed by atoms with Gasteiger partial charge in [-0.3, -0.25) is 4.99 Å². The molecular formula is C11H14BrNO. The summed E-state index contributed by atoms with van der Waals surface area (Å²) in [6.45, 7) is 0.952. The van der Waals surface area contributed by atoms with Crippen molar-refractivity contribution in [3.8, 4) is 0 Å². The van der Waals surface area contributed by atoms with Crippen LogP contribution >= 0.6 is 15.9 Å². The van der Waals surface area contributed by atoms with Gasteiger partial charge in [0.25, 0.3) is 0 Å². The third kappa shape index (κ3) is 4.03. The Hall–Kier alpha value is -0.670. The van der Waals surface area contributed by atoms with E-state index in [1.54, 1.807) is 0 Å². The van der Waals surface area contributed by atoms with Crippen molar-refractivity contribution in [2.45, 2.75) is 13.0 Å². The summed E-state index contributed by atoms with van der Waals surface area (Å²) in [4.78, 5) is 4.27. The normalized spacial score (nSPS) is 11.0. The molecule has 1 aromatic carbocycles.